The van der Waals surface area contributed by atoms with Crippen LogP contribution in [0, 0.1) is 5.41 Å². The van der Waals surface area contributed by atoms with Crippen LogP contribution in [0.5, 0.6) is 0 Å². The predicted octanol–water partition coefficient (Wildman–Crippen LogP) is 0.379. The number of aliphatic imine (C=N–C) groups is 1. The maximum atomic E-state index is 12.1. The summed E-state index contributed by atoms with van der Waals surface area (Å²) in [7, 11) is 0. The van der Waals surface area contributed by atoms with Gasteiger partial charge in [-0.25, -0.2) is 0 Å². The van der Waals surface area contributed by atoms with E-state index in [9.17, 15) is 9.59 Å². The Balaban J connectivity index is 1.54. The smallest absolute Gasteiger partial charge is 0.252 e. The van der Waals surface area contributed by atoms with Crippen molar-refractivity contribution in [3.63, 3.8) is 0 Å². The van der Waals surface area contributed by atoms with Crippen molar-refractivity contribution in [3.8, 4) is 0 Å². The lowest BCUT2D eigenvalue weighted by atomic mass is 9.79. The first kappa shape index (κ1) is 19.1. The Bertz CT molecular complexity index is 693. The molecule has 1 aromatic heterocycles. The van der Waals surface area contributed by atoms with Gasteiger partial charge in [0, 0.05) is 57.0 Å². The van der Waals surface area contributed by atoms with Crippen molar-refractivity contribution in [3.05, 3.63) is 30.1 Å². The summed E-state index contributed by atoms with van der Waals surface area (Å²) in [6, 6.07) is 3.48. The van der Waals surface area contributed by atoms with Gasteiger partial charge in [0.25, 0.3) is 5.91 Å². The molecule has 8 nitrogen and oxygen atoms in total. The lowest BCUT2D eigenvalue weighted by Crippen LogP contribution is -2.51. The van der Waals surface area contributed by atoms with E-state index in [-0.39, 0.29) is 17.2 Å². The van der Waals surface area contributed by atoms with Gasteiger partial charge in [-0.05, 0) is 31.9 Å². The van der Waals surface area contributed by atoms with Gasteiger partial charge in [-0.1, -0.05) is 0 Å². The molecule has 8 heteroatoms. The zero-order chi connectivity index (χ0) is 19.1. The topological polar surface area (TPSA) is 98.7 Å². The van der Waals surface area contributed by atoms with E-state index in [4.69, 9.17) is 0 Å². The van der Waals surface area contributed by atoms with E-state index in [1.807, 2.05) is 6.92 Å². The zero-order valence-corrected chi connectivity index (χ0v) is 15.8. The van der Waals surface area contributed by atoms with Gasteiger partial charge in [0.15, 0.2) is 5.96 Å². The normalized spacial score (nSPS) is 22.6. The number of aromatic nitrogens is 1. The standard InChI is InChI=1S/C19H28N6O2/c1-2-21-18(23-9-8-22-17(27)15-5-3-7-20-12-15)25-10-4-6-19(14-25)11-16(26)24-13-19/h3,5,7,12H,2,4,6,8-11,13-14H2,1H3,(H,21,23)(H,22,27)(H,24,26). The van der Waals surface area contributed by atoms with E-state index in [0.29, 0.717) is 25.1 Å². The average Bonchev–Trinajstić information content (AvgIpc) is 3.04. The van der Waals surface area contributed by atoms with Crippen LogP contribution < -0.4 is 16.0 Å². The molecule has 27 heavy (non-hydrogen) atoms. The average molecular weight is 372 g/mol. The Labute approximate surface area is 159 Å². The van der Waals surface area contributed by atoms with Crippen molar-refractivity contribution in [2.75, 3.05) is 39.3 Å². The highest BCUT2D eigenvalue weighted by atomic mass is 16.2. The van der Waals surface area contributed by atoms with Crippen LogP contribution in [-0.2, 0) is 4.79 Å². The lowest BCUT2D eigenvalue weighted by Gasteiger charge is -2.40. The summed E-state index contributed by atoms with van der Waals surface area (Å²) in [6.45, 7) is 6.30. The van der Waals surface area contributed by atoms with Crippen LogP contribution in [0.25, 0.3) is 0 Å². The number of rotatable bonds is 5. The summed E-state index contributed by atoms with van der Waals surface area (Å²) in [6.07, 6.45) is 5.92. The summed E-state index contributed by atoms with van der Waals surface area (Å²) in [5.74, 6) is 0.860. The number of piperidine rings is 1. The third kappa shape index (κ3) is 4.96. The van der Waals surface area contributed by atoms with Gasteiger partial charge in [-0.15, -0.1) is 0 Å². The fourth-order valence-electron chi connectivity index (χ4n) is 3.79. The first-order valence-electron chi connectivity index (χ1n) is 9.60. The molecule has 146 valence electrons. The Kier molecular flexibility index (Phi) is 6.26. The quantitative estimate of drug-likeness (QED) is 0.394. The van der Waals surface area contributed by atoms with E-state index < -0.39 is 0 Å². The molecule has 2 amide bonds. The summed E-state index contributed by atoms with van der Waals surface area (Å²) in [4.78, 5) is 34.6. The molecule has 2 aliphatic heterocycles. The highest BCUT2D eigenvalue weighted by Crippen LogP contribution is 2.35. The second kappa shape index (κ2) is 8.83. The first-order chi connectivity index (χ1) is 13.1. The van der Waals surface area contributed by atoms with E-state index >= 15 is 0 Å². The number of carbonyl (C=O) groups is 2. The van der Waals surface area contributed by atoms with Crippen molar-refractivity contribution in [1.82, 2.24) is 25.8 Å². The molecule has 0 aromatic carbocycles. The maximum Gasteiger partial charge on any atom is 0.252 e. The molecule has 1 spiro atoms. The lowest BCUT2D eigenvalue weighted by molar-refractivity contribution is -0.119. The van der Waals surface area contributed by atoms with Crippen LogP contribution in [0.3, 0.4) is 0 Å². The van der Waals surface area contributed by atoms with Gasteiger partial charge < -0.3 is 20.9 Å². The van der Waals surface area contributed by atoms with Gasteiger partial charge in [0.2, 0.25) is 5.91 Å². The van der Waals surface area contributed by atoms with Gasteiger partial charge >= 0.3 is 0 Å². The maximum absolute atomic E-state index is 12.1. The molecule has 3 heterocycles. The van der Waals surface area contributed by atoms with Crippen molar-refractivity contribution in [2.45, 2.75) is 26.2 Å². The minimum Gasteiger partial charge on any atom is -0.357 e. The molecule has 1 unspecified atom stereocenters. The van der Waals surface area contributed by atoms with Crippen LogP contribution in [0.4, 0.5) is 0 Å². The second-order valence-electron chi connectivity index (χ2n) is 7.21. The van der Waals surface area contributed by atoms with E-state index in [1.54, 1.807) is 24.5 Å². The van der Waals surface area contributed by atoms with E-state index in [2.05, 4.69) is 30.8 Å². The van der Waals surface area contributed by atoms with Crippen LogP contribution in [0.2, 0.25) is 0 Å². The summed E-state index contributed by atoms with van der Waals surface area (Å²) < 4.78 is 0. The molecule has 0 bridgehead atoms. The molecule has 2 aliphatic rings. The Morgan fingerprint density at radius 1 is 1.44 bits per heavy atom. The Morgan fingerprint density at radius 3 is 3.04 bits per heavy atom. The SMILES string of the molecule is CCNC(=NCCNC(=O)c1cccnc1)N1CCCC2(CNC(=O)C2)C1. The highest BCUT2D eigenvalue weighted by Gasteiger charge is 2.42. The molecule has 0 aliphatic carbocycles. The molecular formula is C19H28N6O2. The van der Waals surface area contributed by atoms with Crippen molar-refractivity contribution in [2.24, 2.45) is 10.4 Å². The molecule has 3 rings (SSSR count). The van der Waals surface area contributed by atoms with Crippen LogP contribution in [0.1, 0.15) is 36.5 Å². The Morgan fingerprint density at radius 2 is 2.33 bits per heavy atom. The number of pyridine rings is 1. The molecule has 1 aromatic rings. The fourth-order valence-corrected chi connectivity index (χ4v) is 3.79. The van der Waals surface area contributed by atoms with Crippen molar-refractivity contribution in [1.29, 1.82) is 0 Å². The first-order valence-corrected chi connectivity index (χ1v) is 9.60. The molecular weight excluding hydrogens is 344 g/mol. The number of nitrogens with one attached hydrogen (secondary N) is 3. The van der Waals surface area contributed by atoms with Gasteiger partial charge in [-0.2, -0.15) is 0 Å². The monoisotopic (exact) mass is 372 g/mol. The number of nitrogens with zero attached hydrogens (tertiary/aromatic N) is 3. The van der Waals surface area contributed by atoms with Crippen molar-refractivity contribution >= 4 is 17.8 Å². The minimum absolute atomic E-state index is 0.0278. The molecule has 2 fully saturated rings. The third-order valence-electron chi connectivity index (χ3n) is 5.07. The molecule has 3 N–H and O–H groups in total. The molecule has 0 saturated carbocycles. The van der Waals surface area contributed by atoms with Crippen molar-refractivity contribution < 1.29 is 9.59 Å². The third-order valence-corrected chi connectivity index (χ3v) is 5.07. The molecule has 2 saturated heterocycles. The number of likely N-dealkylation sites (tertiary alicyclic amines) is 1. The molecule has 1 atom stereocenters. The summed E-state index contributed by atoms with van der Waals surface area (Å²) >= 11 is 0. The Hall–Kier alpha value is -2.64. The summed E-state index contributed by atoms with van der Waals surface area (Å²) in [5.41, 5.74) is 0.574. The van der Waals surface area contributed by atoms with Gasteiger partial charge in [-0.3, -0.25) is 19.6 Å². The number of hydrogen-bond donors (Lipinski definition) is 3. The number of hydrogen-bond acceptors (Lipinski definition) is 4. The number of carbonyl (C=O) groups excluding carboxylic acids is 2. The predicted molar refractivity (Wildman–Crippen MR) is 103 cm³/mol. The van der Waals surface area contributed by atoms with Gasteiger partial charge in [0.1, 0.15) is 0 Å². The largest absolute Gasteiger partial charge is 0.357 e. The van der Waals surface area contributed by atoms with E-state index in [0.717, 1.165) is 45.0 Å². The summed E-state index contributed by atoms with van der Waals surface area (Å²) in [5, 5.41) is 9.18. The second-order valence-corrected chi connectivity index (χ2v) is 7.21. The van der Waals surface area contributed by atoms with Gasteiger partial charge in [0.05, 0.1) is 12.1 Å². The van der Waals surface area contributed by atoms with Crippen LogP contribution in [0.15, 0.2) is 29.5 Å². The van der Waals surface area contributed by atoms with E-state index in [1.165, 1.54) is 0 Å². The van der Waals surface area contributed by atoms with Crippen LogP contribution in [-0.4, -0.2) is 66.9 Å². The fraction of sp³-hybridized carbons (Fsp3) is 0.579. The minimum atomic E-state index is -0.143. The number of amides is 2. The highest BCUT2D eigenvalue weighted by molar-refractivity contribution is 5.93. The molecule has 0 radical (unpaired) electrons. The number of guanidine groups is 1. The zero-order valence-electron chi connectivity index (χ0n) is 15.8. The van der Waals surface area contributed by atoms with Crippen LogP contribution >= 0.6 is 0 Å².